The third-order valence-electron chi connectivity index (χ3n) is 3.52. The molecule has 102 valence electrons. The van der Waals surface area contributed by atoms with Crippen LogP contribution >= 0.6 is 15.9 Å². The molecule has 4 heteroatoms. The number of methoxy groups -OCH3 is 1. The summed E-state index contributed by atoms with van der Waals surface area (Å²) in [4.78, 5) is 0. The Balaban J connectivity index is 3.60. The van der Waals surface area contributed by atoms with Crippen molar-refractivity contribution in [2.24, 2.45) is 0 Å². The van der Waals surface area contributed by atoms with Crippen molar-refractivity contribution in [1.29, 1.82) is 0 Å². The maximum Gasteiger partial charge on any atom is 0.127 e. The summed E-state index contributed by atoms with van der Waals surface area (Å²) in [6.07, 6.45) is -0.489. The Morgan fingerprint density at radius 2 is 1.72 bits per heavy atom. The number of ether oxygens (including phenoxy) is 1. The molecule has 2 unspecified atom stereocenters. The van der Waals surface area contributed by atoms with Gasteiger partial charge in [0.25, 0.3) is 0 Å². The lowest BCUT2D eigenvalue weighted by atomic mass is 9.92. The van der Waals surface area contributed by atoms with Gasteiger partial charge in [0.05, 0.1) is 19.3 Å². The maximum atomic E-state index is 9.93. The van der Waals surface area contributed by atoms with E-state index in [2.05, 4.69) is 28.2 Å². The highest BCUT2D eigenvalue weighted by Crippen LogP contribution is 2.40. The van der Waals surface area contributed by atoms with Crippen LogP contribution in [0.3, 0.4) is 0 Å². The average Bonchev–Trinajstić information content (AvgIpc) is 2.33. The molecule has 0 amide bonds. The van der Waals surface area contributed by atoms with E-state index in [1.54, 1.807) is 14.0 Å². The van der Waals surface area contributed by atoms with Crippen molar-refractivity contribution in [1.82, 2.24) is 5.32 Å². The van der Waals surface area contributed by atoms with E-state index >= 15 is 0 Å². The van der Waals surface area contributed by atoms with Crippen LogP contribution in [-0.4, -0.2) is 25.4 Å². The summed E-state index contributed by atoms with van der Waals surface area (Å²) >= 11 is 3.63. The lowest BCUT2D eigenvalue weighted by Crippen LogP contribution is -2.28. The number of benzene rings is 1. The smallest absolute Gasteiger partial charge is 0.127 e. The number of hydrogen-bond acceptors (Lipinski definition) is 3. The Bertz CT molecular complexity index is 444. The molecular formula is C14H22BrNO2. The predicted molar refractivity (Wildman–Crippen MR) is 78.4 cm³/mol. The quantitative estimate of drug-likeness (QED) is 0.897. The molecule has 0 radical (unpaired) electrons. The largest absolute Gasteiger partial charge is 0.496 e. The number of aliphatic hydroxyl groups excluding tert-OH is 1. The van der Waals surface area contributed by atoms with E-state index in [1.807, 2.05) is 20.9 Å². The normalized spacial score (nSPS) is 14.4. The molecule has 0 aliphatic heterocycles. The number of aliphatic hydroxyl groups is 1. The Hall–Kier alpha value is -0.580. The van der Waals surface area contributed by atoms with Gasteiger partial charge in [-0.25, -0.2) is 0 Å². The van der Waals surface area contributed by atoms with E-state index in [0.29, 0.717) is 0 Å². The molecule has 2 N–H and O–H groups in total. The Morgan fingerprint density at radius 3 is 2.11 bits per heavy atom. The van der Waals surface area contributed by atoms with Crippen LogP contribution in [0.2, 0.25) is 0 Å². The standard InChI is InChI=1S/C14H22BrNO2/c1-7-8(2)14(18-6)11(9(3)12(7)15)13(16-5)10(4)17/h10,13,16-17H,1-6H3. The van der Waals surface area contributed by atoms with Crippen molar-refractivity contribution in [3.63, 3.8) is 0 Å². The zero-order valence-corrected chi connectivity index (χ0v) is 13.5. The minimum atomic E-state index is -0.489. The van der Waals surface area contributed by atoms with E-state index in [-0.39, 0.29) is 6.04 Å². The number of likely N-dealkylation sites (N-methyl/N-ethyl adjacent to an activating group) is 1. The molecular weight excluding hydrogens is 294 g/mol. The second-order valence-corrected chi connectivity index (χ2v) is 5.44. The molecule has 0 aliphatic carbocycles. The summed E-state index contributed by atoms with van der Waals surface area (Å²) in [5.74, 6) is 0.855. The van der Waals surface area contributed by atoms with Crippen LogP contribution in [0.15, 0.2) is 4.47 Å². The molecule has 18 heavy (non-hydrogen) atoms. The highest BCUT2D eigenvalue weighted by molar-refractivity contribution is 9.10. The van der Waals surface area contributed by atoms with Gasteiger partial charge in [-0.1, -0.05) is 15.9 Å². The second-order valence-electron chi connectivity index (χ2n) is 4.64. The minimum absolute atomic E-state index is 0.143. The summed E-state index contributed by atoms with van der Waals surface area (Å²) in [5.41, 5.74) is 4.40. The first kappa shape index (κ1) is 15.5. The van der Waals surface area contributed by atoms with Gasteiger partial charge >= 0.3 is 0 Å². The van der Waals surface area contributed by atoms with Crippen LogP contribution in [0.4, 0.5) is 0 Å². The Labute approximate surface area is 118 Å². The topological polar surface area (TPSA) is 41.5 Å². The Kier molecular flexibility index (Phi) is 5.20. The van der Waals surface area contributed by atoms with Gasteiger partial charge in [0.2, 0.25) is 0 Å². The van der Waals surface area contributed by atoms with E-state index in [0.717, 1.165) is 26.9 Å². The van der Waals surface area contributed by atoms with Crippen LogP contribution in [0.25, 0.3) is 0 Å². The summed E-state index contributed by atoms with van der Waals surface area (Å²) in [6.45, 7) is 7.93. The molecule has 1 aromatic carbocycles. The van der Waals surface area contributed by atoms with Crippen molar-refractivity contribution < 1.29 is 9.84 Å². The molecule has 1 aromatic rings. The first-order valence-corrected chi connectivity index (χ1v) is 6.84. The third kappa shape index (κ3) is 2.56. The molecule has 0 spiro atoms. The van der Waals surface area contributed by atoms with Gasteiger partial charge in [0, 0.05) is 10.0 Å². The van der Waals surface area contributed by atoms with Crippen LogP contribution in [0, 0.1) is 20.8 Å². The third-order valence-corrected chi connectivity index (χ3v) is 4.71. The highest BCUT2D eigenvalue weighted by Gasteiger charge is 2.25. The van der Waals surface area contributed by atoms with Gasteiger partial charge in [-0.2, -0.15) is 0 Å². The fourth-order valence-electron chi connectivity index (χ4n) is 2.37. The van der Waals surface area contributed by atoms with Gasteiger partial charge in [-0.3, -0.25) is 0 Å². The van der Waals surface area contributed by atoms with E-state index in [9.17, 15) is 5.11 Å². The first-order chi connectivity index (χ1) is 8.36. The molecule has 0 fully saturated rings. The lowest BCUT2D eigenvalue weighted by molar-refractivity contribution is 0.148. The fraction of sp³-hybridized carbons (Fsp3) is 0.571. The van der Waals surface area contributed by atoms with Gasteiger partial charge in [0.1, 0.15) is 5.75 Å². The second kappa shape index (κ2) is 6.04. The van der Waals surface area contributed by atoms with Crippen molar-refractivity contribution in [2.75, 3.05) is 14.2 Å². The Morgan fingerprint density at radius 1 is 1.17 bits per heavy atom. The number of rotatable bonds is 4. The minimum Gasteiger partial charge on any atom is -0.496 e. The molecule has 0 saturated carbocycles. The zero-order valence-electron chi connectivity index (χ0n) is 11.9. The number of nitrogens with one attached hydrogen (secondary N) is 1. The molecule has 2 atom stereocenters. The van der Waals surface area contributed by atoms with Gasteiger partial charge in [-0.15, -0.1) is 0 Å². The monoisotopic (exact) mass is 315 g/mol. The lowest BCUT2D eigenvalue weighted by Gasteiger charge is -2.27. The summed E-state index contributed by atoms with van der Waals surface area (Å²) < 4.78 is 6.63. The van der Waals surface area contributed by atoms with Gasteiger partial charge < -0.3 is 15.2 Å². The summed E-state index contributed by atoms with van der Waals surface area (Å²) in [6, 6.07) is -0.143. The van der Waals surface area contributed by atoms with Crippen LogP contribution in [-0.2, 0) is 0 Å². The van der Waals surface area contributed by atoms with Crippen LogP contribution < -0.4 is 10.1 Å². The van der Waals surface area contributed by atoms with Crippen LogP contribution in [0.1, 0.15) is 35.2 Å². The molecule has 0 aromatic heterocycles. The summed E-state index contributed by atoms with van der Waals surface area (Å²) in [5, 5.41) is 13.1. The van der Waals surface area contributed by atoms with Crippen molar-refractivity contribution in [2.45, 2.75) is 39.8 Å². The van der Waals surface area contributed by atoms with Crippen molar-refractivity contribution in [3.8, 4) is 5.75 Å². The number of hydrogen-bond donors (Lipinski definition) is 2. The molecule has 3 nitrogen and oxygen atoms in total. The van der Waals surface area contributed by atoms with E-state index in [4.69, 9.17) is 4.74 Å². The average molecular weight is 316 g/mol. The molecule has 1 rings (SSSR count). The molecule has 0 saturated heterocycles. The van der Waals surface area contributed by atoms with Gasteiger partial charge in [-0.05, 0) is 51.4 Å². The summed E-state index contributed by atoms with van der Waals surface area (Å²) in [7, 11) is 3.52. The highest BCUT2D eigenvalue weighted by atomic mass is 79.9. The zero-order chi connectivity index (χ0) is 14.0. The SMILES string of the molecule is CNC(c1c(C)c(Br)c(C)c(C)c1OC)C(C)O. The van der Waals surface area contributed by atoms with Gasteiger partial charge in [0.15, 0.2) is 0 Å². The van der Waals surface area contributed by atoms with Crippen LogP contribution in [0.5, 0.6) is 5.75 Å². The first-order valence-electron chi connectivity index (χ1n) is 6.05. The molecule has 0 heterocycles. The maximum absolute atomic E-state index is 9.93. The van der Waals surface area contributed by atoms with Crippen molar-refractivity contribution >= 4 is 15.9 Å². The van der Waals surface area contributed by atoms with E-state index < -0.39 is 6.10 Å². The van der Waals surface area contributed by atoms with Crippen molar-refractivity contribution in [3.05, 3.63) is 26.7 Å². The number of halogens is 1. The predicted octanol–water partition coefficient (Wildman–Crippen LogP) is 3.02. The fourth-order valence-corrected chi connectivity index (χ4v) is 2.88. The van der Waals surface area contributed by atoms with E-state index in [1.165, 1.54) is 5.56 Å². The molecule has 0 aliphatic rings. The molecule has 0 bridgehead atoms.